The zero-order valence-corrected chi connectivity index (χ0v) is 9.33. The standard InChI is InChI=1S/C13H13NO3/c15-13-8-5-6-10(13)11(7-8)9-3-1-2-4-12(9)14(16)17/h1-4,8,10-11H,5-7H2/t8-,10+,11-/m1/s1. The minimum atomic E-state index is -0.341. The first-order valence-electron chi connectivity index (χ1n) is 5.95. The maximum atomic E-state index is 11.9. The lowest BCUT2D eigenvalue weighted by Gasteiger charge is -2.19. The van der Waals surface area contributed by atoms with E-state index in [4.69, 9.17) is 0 Å². The molecular formula is C13H13NO3. The summed E-state index contributed by atoms with van der Waals surface area (Å²) in [5.74, 6) is 0.585. The maximum absolute atomic E-state index is 11.9. The molecule has 2 fully saturated rings. The Balaban J connectivity index is 2.01. The van der Waals surface area contributed by atoms with Crippen LogP contribution >= 0.6 is 0 Å². The fraction of sp³-hybridized carbons (Fsp3) is 0.462. The lowest BCUT2D eigenvalue weighted by molar-refractivity contribution is -0.385. The first-order valence-corrected chi connectivity index (χ1v) is 5.95. The van der Waals surface area contributed by atoms with Crippen LogP contribution in [0.5, 0.6) is 0 Å². The third kappa shape index (κ3) is 1.47. The van der Waals surface area contributed by atoms with Crippen LogP contribution in [0.1, 0.15) is 30.7 Å². The number of carbonyl (C=O) groups excluding carboxylic acids is 1. The van der Waals surface area contributed by atoms with E-state index in [9.17, 15) is 14.9 Å². The zero-order chi connectivity index (χ0) is 12.0. The van der Waals surface area contributed by atoms with Crippen LogP contribution < -0.4 is 0 Å². The normalized spacial score (nSPS) is 30.8. The van der Waals surface area contributed by atoms with Crippen LogP contribution in [0.25, 0.3) is 0 Å². The van der Waals surface area contributed by atoms with Crippen molar-refractivity contribution in [3.8, 4) is 0 Å². The number of carbonyl (C=O) groups is 1. The quantitative estimate of drug-likeness (QED) is 0.580. The van der Waals surface area contributed by atoms with Gasteiger partial charge in [-0.15, -0.1) is 0 Å². The molecule has 0 aromatic heterocycles. The topological polar surface area (TPSA) is 60.2 Å². The Labute approximate surface area is 98.8 Å². The van der Waals surface area contributed by atoms with Crippen molar-refractivity contribution in [1.82, 2.24) is 0 Å². The van der Waals surface area contributed by atoms with Gasteiger partial charge in [0.15, 0.2) is 0 Å². The van der Waals surface area contributed by atoms with E-state index in [2.05, 4.69) is 0 Å². The number of fused-ring (bicyclic) bond motifs is 2. The van der Waals surface area contributed by atoms with Crippen LogP contribution in [0.2, 0.25) is 0 Å². The third-order valence-electron chi connectivity index (χ3n) is 4.15. The molecular weight excluding hydrogens is 218 g/mol. The zero-order valence-electron chi connectivity index (χ0n) is 9.33. The van der Waals surface area contributed by atoms with Gasteiger partial charge in [-0.05, 0) is 19.3 Å². The third-order valence-corrected chi connectivity index (χ3v) is 4.15. The predicted octanol–water partition coefficient (Wildman–Crippen LogP) is 2.68. The minimum absolute atomic E-state index is 0.0288. The Hall–Kier alpha value is -1.71. The highest BCUT2D eigenvalue weighted by Gasteiger charge is 2.48. The fourth-order valence-corrected chi connectivity index (χ4v) is 3.38. The number of nitrogens with zero attached hydrogens (tertiary/aromatic N) is 1. The Morgan fingerprint density at radius 3 is 2.53 bits per heavy atom. The molecule has 88 valence electrons. The summed E-state index contributed by atoms with van der Waals surface area (Å²) in [6.45, 7) is 0. The van der Waals surface area contributed by atoms with Gasteiger partial charge in [0.05, 0.1) is 4.92 Å². The van der Waals surface area contributed by atoms with Crippen molar-refractivity contribution in [1.29, 1.82) is 0 Å². The molecule has 1 aromatic rings. The van der Waals surface area contributed by atoms with Crippen molar-refractivity contribution in [2.45, 2.75) is 25.2 Å². The predicted molar refractivity (Wildman–Crippen MR) is 61.7 cm³/mol. The lowest BCUT2D eigenvalue weighted by Crippen LogP contribution is -2.12. The Morgan fingerprint density at radius 1 is 1.18 bits per heavy atom. The molecule has 0 aliphatic heterocycles. The van der Waals surface area contributed by atoms with Gasteiger partial charge >= 0.3 is 0 Å². The van der Waals surface area contributed by atoms with Crippen molar-refractivity contribution < 1.29 is 9.72 Å². The van der Waals surface area contributed by atoms with Crippen molar-refractivity contribution in [2.75, 3.05) is 0 Å². The van der Waals surface area contributed by atoms with Crippen LogP contribution in [0.4, 0.5) is 5.69 Å². The number of Topliss-reactive ketones (excluding diaryl/α,β-unsaturated/α-hetero) is 1. The lowest BCUT2D eigenvalue weighted by atomic mass is 9.83. The van der Waals surface area contributed by atoms with E-state index in [0.29, 0.717) is 5.78 Å². The second-order valence-electron chi connectivity index (χ2n) is 4.94. The summed E-state index contributed by atoms with van der Waals surface area (Å²) in [6.07, 6.45) is 2.68. The average Bonchev–Trinajstić information content (AvgIpc) is 2.85. The molecule has 1 aromatic carbocycles. The molecule has 0 saturated heterocycles. The van der Waals surface area contributed by atoms with Crippen molar-refractivity contribution in [3.63, 3.8) is 0 Å². The van der Waals surface area contributed by atoms with Crippen LogP contribution in [-0.4, -0.2) is 10.7 Å². The number of para-hydroxylation sites is 1. The summed E-state index contributed by atoms with van der Waals surface area (Å²) in [5.41, 5.74) is 0.913. The van der Waals surface area contributed by atoms with Crippen molar-refractivity contribution in [3.05, 3.63) is 39.9 Å². The first kappa shape index (κ1) is 10.4. The minimum Gasteiger partial charge on any atom is -0.299 e. The molecule has 2 aliphatic rings. The molecule has 2 aliphatic carbocycles. The highest BCUT2D eigenvalue weighted by molar-refractivity contribution is 5.89. The van der Waals surface area contributed by atoms with Gasteiger partial charge in [-0.25, -0.2) is 0 Å². The molecule has 0 radical (unpaired) electrons. The second kappa shape index (κ2) is 3.65. The Bertz CT molecular complexity index is 497. The van der Waals surface area contributed by atoms with Gasteiger partial charge in [-0.3, -0.25) is 14.9 Å². The number of benzene rings is 1. The molecule has 0 spiro atoms. The van der Waals surface area contributed by atoms with Gasteiger partial charge in [0, 0.05) is 29.4 Å². The van der Waals surface area contributed by atoms with E-state index in [1.54, 1.807) is 12.1 Å². The number of ketones is 1. The molecule has 0 N–H and O–H groups in total. The van der Waals surface area contributed by atoms with E-state index in [1.807, 2.05) is 6.07 Å². The van der Waals surface area contributed by atoms with E-state index in [-0.39, 0.29) is 28.4 Å². The summed E-state index contributed by atoms with van der Waals surface area (Å²) >= 11 is 0. The second-order valence-corrected chi connectivity index (χ2v) is 4.94. The van der Waals surface area contributed by atoms with E-state index in [1.165, 1.54) is 6.07 Å². The molecule has 0 amide bonds. The Kier molecular flexibility index (Phi) is 2.24. The van der Waals surface area contributed by atoms with E-state index >= 15 is 0 Å². The molecule has 3 atom stereocenters. The van der Waals surface area contributed by atoms with Gasteiger partial charge in [-0.2, -0.15) is 0 Å². The highest BCUT2D eigenvalue weighted by atomic mass is 16.6. The molecule has 4 nitrogen and oxygen atoms in total. The molecule has 2 saturated carbocycles. The molecule has 2 bridgehead atoms. The molecule has 4 heteroatoms. The van der Waals surface area contributed by atoms with Crippen molar-refractivity contribution >= 4 is 11.5 Å². The number of rotatable bonds is 2. The van der Waals surface area contributed by atoms with E-state index < -0.39 is 0 Å². The Morgan fingerprint density at radius 2 is 1.94 bits per heavy atom. The van der Waals surface area contributed by atoms with Gasteiger partial charge in [0.2, 0.25) is 0 Å². The monoisotopic (exact) mass is 231 g/mol. The number of nitro benzene ring substituents is 1. The molecule has 17 heavy (non-hydrogen) atoms. The van der Waals surface area contributed by atoms with Crippen LogP contribution in [0.3, 0.4) is 0 Å². The van der Waals surface area contributed by atoms with E-state index in [0.717, 1.165) is 24.8 Å². The first-order chi connectivity index (χ1) is 8.18. The van der Waals surface area contributed by atoms with Crippen LogP contribution in [0, 0.1) is 22.0 Å². The summed E-state index contributed by atoms with van der Waals surface area (Å²) in [6, 6.07) is 6.83. The number of nitro groups is 1. The summed E-state index contributed by atoms with van der Waals surface area (Å²) in [7, 11) is 0. The highest BCUT2D eigenvalue weighted by Crippen LogP contribution is 2.51. The van der Waals surface area contributed by atoms with Gasteiger partial charge < -0.3 is 0 Å². The number of hydrogen-bond donors (Lipinski definition) is 0. The smallest absolute Gasteiger partial charge is 0.272 e. The van der Waals surface area contributed by atoms with Crippen LogP contribution in [0.15, 0.2) is 24.3 Å². The summed E-state index contributed by atoms with van der Waals surface area (Å²) in [4.78, 5) is 22.5. The SMILES string of the molecule is O=C1[C@@H]2CC[C@H]1[C@@H](c1ccccc1[N+](=O)[O-])C2. The number of hydrogen-bond acceptors (Lipinski definition) is 3. The summed E-state index contributed by atoms with van der Waals surface area (Å²) in [5, 5.41) is 11.0. The van der Waals surface area contributed by atoms with Gasteiger partial charge in [-0.1, -0.05) is 18.2 Å². The molecule has 0 heterocycles. The molecule has 3 rings (SSSR count). The van der Waals surface area contributed by atoms with Crippen LogP contribution in [-0.2, 0) is 4.79 Å². The van der Waals surface area contributed by atoms with Gasteiger partial charge in [0.25, 0.3) is 5.69 Å². The summed E-state index contributed by atoms with van der Waals surface area (Å²) < 4.78 is 0. The maximum Gasteiger partial charge on any atom is 0.272 e. The van der Waals surface area contributed by atoms with Crippen molar-refractivity contribution in [2.24, 2.45) is 11.8 Å². The largest absolute Gasteiger partial charge is 0.299 e. The fourth-order valence-electron chi connectivity index (χ4n) is 3.38. The molecule has 0 unspecified atom stereocenters. The average molecular weight is 231 g/mol. The van der Waals surface area contributed by atoms with Gasteiger partial charge in [0.1, 0.15) is 5.78 Å².